The first kappa shape index (κ1) is 20.0. The van der Waals surface area contributed by atoms with Crippen LogP contribution in [0.4, 0.5) is 10.1 Å². The monoisotopic (exact) mass is 404 g/mol. The minimum absolute atomic E-state index is 0.0740. The topological polar surface area (TPSA) is 101 Å². The molecule has 1 heterocycles. The van der Waals surface area contributed by atoms with Crippen LogP contribution in [0.25, 0.3) is 0 Å². The molecule has 0 aromatic heterocycles. The number of carbonyl (C=O) groups excluding carboxylic acids is 3. The third-order valence-electron chi connectivity index (χ3n) is 4.76. The first-order valence-corrected chi connectivity index (χ1v) is 9.01. The van der Waals surface area contributed by atoms with Gasteiger partial charge in [0.15, 0.2) is 5.78 Å². The zero-order valence-electron chi connectivity index (χ0n) is 14.8. The summed E-state index contributed by atoms with van der Waals surface area (Å²) in [6, 6.07) is 10.0. The fourth-order valence-electron chi connectivity index (χ4n) is 3.26. The van der Waals surface area contributed by atoms with Crippen molar-refractivity contribution in [3.63, 3.8) is 0 Å². The number of benzene rings is 2. The quantitative estimate of drug-likeness (QED) is 0.721. The molecule has 0 spiro atoms. The van der Waals surface area contributed by atoms with Crippen molar-refractivity contribution < 1.29 is 23.9 Å². The van der Waals surface area contributed by atoms with Crippen LogP contribution in [-0.2, 0) is 16.0 Å². The van der Waals surface area contributed by atoms with Crippen molar-refractivity contribution in [1.29, 1.82) is 0 Å². The van der Waals surface area contributed by atoms with Crippen LogP contribution in [0.3, 0.4) is 0 Å². The first-order chi connectivity index (χ1) is 13.2. The molecule has 1 aliphatic heterocycles. The van der Waals surface area contributed by atoms with Crippen molar-refractivity contribution >= 4 is 34.9 Å². The van der Waals surface area contributed by atoms with Crippen LogP contribution < -0.4 is 10.6 Å². The highest BCUT2D eigenvalue weighted by Crippen LogP contribution is 2.31. The van der Waals surface area contributed by atoms with E-state index < -0.39 is 29.0 Å². The maximum absolute atomic E-state index is 13.4. The molecular weight excluding hydrogens is 387 g/mol. The summed E-state index contributed by atoms with van der Waals surface area (Å²) in [7, 11) is 0. The second kappa shape index (κ2) is 7.69. The van der Waals surface area contributed by atoms with Gasteiger partial charge in [-0.3, -0.25) is 14.4 Å². The number of carbonyl (C=O) groups is 3. The molecule has 2 aromatic carbocycles. The molecule has 3 rings (SSSR count). The van der Waals surface area contributed by atoms with E-state index in [9.17, 15) is 23.9 Å². The molecule has 1 saturated heterocycles. The van der Waals surface area contributed by atoms with E-state index in [-0.39, 0.29) is 36.4 Å². The standard InChI is InChI=1S/C20H18ClFN2O4/c21-14-8-12(9-15(22)11-14)4-5-17(25)20(28)6-7-24(19(20)27)16-3-1-2-13(10-16)18(23)26/h1-3,8-11,28H,4-7H2,(H2,23,26)/t20-/m1/s1. The number of rotatable bonds is 6. The van der Waals surface area contributed by atoms with Gasteiger partial charge in [0.05, 0.1) is 0 Å². The Morgan fingerprint density at radius 2 is 2.00 bits per heavy atom. The van der Waals surface area contributed by atoms with E-state index in [1.165, 1.54) is 29.2 Å². The number of hydrogen-bond acceptors (Lipinski definition) is 4. The summed E-state index contributed by atoms with van der Waals surface area (Å²) in [4.78, 5) is 37.9. The average molecular weight is 405 g/mol. The SMILES string of the molecule is NC(=O)c1cccc(N2CC[C@@](O)(C(=O)CCc3cc(F)cc(Cl)c3)C2=O)c1. The molecule has 0 radical (unpaired) electrons. The second-order valence-electron chi connectivity index (χ2n) is 6.68. The van der Waals surface area contributed by atoms with Crippen LogP contribution in [-0.4, -0.2) is 34.8 Å². The number of aliphatic hydroxyl groups is 1. The van der Waals surface area contributed by atoms with Crippen LogP contribution in [0, 0.1) is 5.82 Å². The van der Waals surface area contributed by atoms with Crippen molar-refractivity contribution in [2.75, 3.05) is 11.4 Å². The van der Waals surface area contributed by atoms with Gasteiger partial charge in [-0.25, -0.2) is 4.39 Å². The Bertz CT molecular complexity index is 945. The number of nitrogens with two attached hydrogens (primary N) is 1. The number of halogens is 2. The van der Waals surface area contributed by atoms with Gasteiger partial charge in [-0.05, 0) is 48.4 Å². The molecular formula is C20H18ClFN2O4. The van der Waals surface area contributed by atoms with Crippen LogP contribution in [0.1, 0.15) is 28.8 Å². The summed E-state index contributed by atoms with van der Waals surface area (Å²) in [5.41, 5.74) is 4.19. The molecule has 0 bridgehead atoms. The molecule has 2 aromatic rings. The average Bonchev–Trinajstić information content (AvgIpc) is 2.95. The predicted molar refractivity (Wildman–Crippen MR) is 102 cm³/mol. The van der Waals surface area contributed by atoms with Crippen LogP contribution in [0.15, 0.2) is 42.5 Å². The number of primary amides is 1. The lowest BCUT2D eigenvalue weighted by Gasteiger charge is -2.21. The molecule has 1 fully saturated rings. The van der Waals surface area contributed by atoms with Gasteiger partial charge in [0.2, 0.25) is 11.5 Å². The Balaban J connectivity index is 1.73. The van der Waals surface area contributed by atoms with Gasteiger partial charge in [0, 0.05) is 35.7 Å². The number of aryl methyl sites for hydroxylation is 1. The second-order valence-corrected chi connectivity index (χ2v) is 7.12. The normalized spacial score (nSPS) is 19.1. The Morgan fingerprint density at radius 3 is 2.68 bits per heavy atom. The lowest BCUT2D eigenvalue weighted by molar-refractivity contribution is -0.147. The minimum Gasteiger partial charge on any atom is -0.373 e. The van der Waals surface area contributed by atoms with Gasteiger partial charge in [0.1, 0.15) is 5.82 Å². The van der Waals surface area contributed by atoms with Crippen molar-refractivity contribution in [3.05, 3.63) is 64.4 Å². The highest BCUT2D eigenvalue weighted by molar-refractivity contribution is 6.30. The third-order valence-corrected chi connectivity index (χ3v) is 4.98. The lowest BCUT2D eigenvalue weighted by atomic mass is 9.92. The van der Waals surface area contributed by atoms with E-state index in [4.69, 9.17) is 17.3 Å². The fourth-order valence-corrected chi connectivity index (χ4v) is 3.50. The van der Waals surface area contributed by atoms with Gasteiger partial charge < -0.3 is 15.7 Å². The molecule has 28 heavy (non-hydrogen) atoms. The molecule has 6 nitrogen and oxygen atoms in total. The molecule has 0 aliphatic carbocycles. The number of ketones is 1. The Morgan fingerprint density at radius 1 is 1.25 bits per heavy atom. The van der Waals surface area contributed by atoms with Crippen molar-refractivity contribution in [2.45, 2.75) is 24.9 Å². The maximum atomic E-state index is 13.4. The number of amides is 2. The summed E-state index contributed by atoms with van der Waals surface area (Å²) < 4.78 is 13.4. The Hall–Kier alpha value is -2.77. The van der Waals surface area contributed by atoms with Crippen molar-refractivity contribution in [1.82, 2.24) is 0 Å². The van der Waals surface area contributed by atoms with Gasteiger partial charge in [-0.1, -0.05) is 17.7 Å². The number of nitrogens with zero attached hydrogens (tertiary/aromatic N) is 1. The van der Waals surface area contributed by atoms with E-state index in [1.807, 2.05) is 0 Å². The van der Waals surface area contributed by atoms with Gasteiger partial charge in [0.25, 0.3) is 5.91 Å². The molecule has 146 valence electrons. The van der Waals surface area contributed by atoms with E-state index in [0.29, 0.717) is 11.3 Å². The highest BCUT2D eigenvalue weighted by Gasteiger charge is 2.50. The van der Waals surface area contributed by atoms with Gasteiger partial charge >= 0.3 is 0 Å². The fraction of sp³-hybridized carbons (Fsp3) is 0.250. The highest BCUT2D eigenvalue weighted by atomic mass is 35.5. The van der Waals surface area contributed by atoms with Gasteiger partial charge in [-0.15, -0.1) is 0 Å². The summed E-state index contributed by atoms with van der Waals surface area (Å²) in [5, 5.41) is 10.9. The van der Waals surface area contributed by atoms with Crippen LogP contribution in [0.2, 0.25) is 5.02 Å². The number of Topliss-reactive ketones (excluding diaryl/α,β-unsaturated/α-hetero) is 1. The van der Waals surface area contributed by atoms with E-state index >= 15 is 0 Å². The number of hydrogen-bond donors (Lipinski definition) is 2. The van der Waals surface area contributed by atoms with Gasteiger partial charge in [-0.2, -0.15) is 0 Å². The predicted octanol–water partition coefficient (Wildman–Crippen LogP) is 2.25. The molecule has 0 saturated carbocycles. The first-order valence-electron chi connectivity index (χ1n) is 8.63. The van der Waals surface area contributed by atoms with Crippen molar-refractivity contribution in [3.8, 4) is 0 Å². The summed E-state index contributed by atoms with van der Waals surface area (Å²) in [6.45, 7) is 0.120. The largest absolute Gasteiger partial charge is 0.373 e. The molecule has 2 amide bonds. The number of anilines is 1. The summed E-state index contributed by atoms with van der Waals surface area (Å²) in [5.74, 6) is -2.57. The molecule has 1 atom stereocenters. The summed E-state index contributed by atoms with van der Waals surface area (Å²) in [6.07, 6.45) is -0.0738. The van der Waals surface area contributed by atoms with E-state index in [0.717, 1.165) is 6.07 Å². The Labute approximate surface area is 165 Å². The lowest BCUT2D eigenvalue weighted by Crippen LogP contribution is -2.47. The van der Waals surface area contributed by atoms with Crippen molar-refractivity contribution in [2.24, 2.45) is 5.73 Å². The molecule has 1 aliphatic rings. The third kappa shape index (κ3) is 3.90. The van der Waals surface area contributed by atoms with E-state index in [1.54, 1.807) is 12.1 Å². The summed E-state index contributed by atoms with van der Waals surface area (Å²) >= 11 is 5.80. The maximum Gasteiger partial charge on any atom is 0.266 e. The van der Waals surface area contributed by atoms with Crippen LogP contribution >= 0.6 is 11.6 Å². The molecule has 0 unspecified atom stereocenters. The zero-order valence-corrected chi connectivity index (χ0v) is 15.6. The molecule has 8 heteroatoms. The van der Waals surface area contributed by atoms with E-state index in [2.05, 4.69) is 0 Å². The van der Waals surface area contributed by atoms with Crippen LogP contribution in [0.5, 0.6) is 0 Å². The Kier molecular flexibility index (Phi) is 5.49. The minimum atomic E-state index is -2.15. The smallest absolute Gasteiger partial charge is 0.266 e. The molecule has 3 N–H and O–H groups in total. The zero-order chi connectivity index (χ0) is 20.5.